The zero-order valence-corrected chi connectivity index (χ0v) is 13.4. The topological polar surface area (TPSA) is 53.1 Å². The molecule has 1 unspecified atom stereocenters. The molecule has 0 aliphatic carbocycles. The van der Waals surface area contributed by atoms with Gasteiger partial charge >= 0.3 is 0 Å². The molecule has 0 aliphatic rings. The van der Waals surface area contributed by atoms with Crippen LogP contribution in [0, 0.1) is 13.8 Å². The predicted molar refractivity (Wildman–Crippen MR) is 85.5 cm³/mol. The molecule has 1 heterocycles. The highest BCUT2D eigenvalue weighted by molar-refractivity contribution is 5.37. The van der Waals surface area contributed by atoms with Gasteiger partial charge in [0.15, 0.2) is 0 Å². The lowest BCUT2D eigenvalue weighted by atomic mass is 10.0. The Balaban J connectivity index is 2.15. The molecule has 0 spiro atoms. The third-order valence-electron chi connectivity index (χ3n) is 3.42. The van der Waals surface area contributed by atoms with Gasteiger partial charge in [0.25, 0.3) is 0 Å². The number of hydrogen-bond donors (Lipinski definition) is 1. The van der Waals surface area contributed by atoms with Gasteiger partial charge in [0.1, 0.15) is 12.4 Å². The molecule has 0 saturated carbocycles. The van der Waals surface area contributed by atoms with Crippen LogP contribution >= 0.6 is 0 Å². The van der Waals surface area contributed by atoms with E-state index in [0.717, 1.165) is 30.1 Å². The Kier molecular flexibility index (Phi) is 5.02. The number of nitrogens with two attached hydrogens (primary N) is 1. The zero-order chi connectivity index (χ0) is 15.4. The lowest BCUT2D eigenvalue weighted by molar-refractivity contribution is 0.289. The smallest absolute Gasteiger partial charge is 0.130 e. The van der Waals surface area contributed by atoms with Crippen LogP contribution in [0.4, 0.5) is 0 Å². The molecule has 2 N–H and O–H groups in total. The van der Waals surface area contributed by atoms with E-state index in [4.69, 9.17) is 10.5 Å². The van der Waals surface area contributed by atoms with Crippen molar-refractivity contribution in [1.82, 2.24) is 9.78 Å². The standard InChI is InChI=1S/C17H25N3O/c1-5-20-16(10-14(4)19-20)11-21-17-7-6-12(2)8-15(17)9-13(3)18/h6-8,10,13H,5,9,11,18H2,1-4H3. The first kappa shape index (κ1) is 15.6. The summed E-state index contributed by atoms with van der Waals surface area (Å²) in [6.07, 6.45) is 0.823. The molecule has 4 nitrogen and oxygen atoms in total. The molecule has 1 aromatic heterocycles. The molecule has 0 aliphatic heterocycles. The Morgan fingerprint density at radius 2 is 2.05 bits per heavy atom. The fourth-order valence-corrected chi connectivity index (χ4v) is 2.50. The largest absolute Gasteiger partial charge is 0.487 e. The number of nitrogens with zero attached hydrogens (tertiary/aromatic N) is 2. The lowest BCUT2D eigenvalue weighted by Gasteiger charge is -2.14. The van der Waals surface area contributed by atoms with E-state index in [1.807, 2.05) is 24.6 Å². The maximum atomic E-state index is 6.02. The van der Waals surface area contributed by atoms with E-state index in [2.05, 4.69) is 37.1 Å². The van der Waals surface area contributed by atoms with Gasteiger partial charge in [0.05, 0.1) is 11.4 Å². The molecule has 4 heteroatoms. The molecule has 21 heavy (non-hydrogen) atoms. The van der Waals surface area contributed by atoms with Crippen LogP contribution in [0.1, 0.15) is 36.4 Å². The highest BCUT2D eigenvalue weighted by Crippen LogP contribution is 2.22. The lowest BCUT2D eigenvalue weighted by Crippen LogP contribution is -2.18. The van der Waals surface area contributed by atoms with Crippen LogP contribution in [0.15, 0.2) is 24.3 Å². The number of benzene rings is 1. The Morgan fingerprint density at radius 1 is 1.29 bits per heavy atom. The van der Waals surface area contributed by atoms with Crippen molar-refractivity contribution < 1.29 is 4.74 Å². The molecule has 0 saturated heterocycles. The van der Waals surface area contributed by atoms with Gasteiger partial charge in [0, 0.05) is 12.6 Å². The van der Waals surface area contributed by atoms with Crippen LogP contribution in [0.25, 0.3) is 0 Å². The number of aryl methyl sites for hydroxylation is 3. The maximum Gasteiger partial charge on any atom is 0.130 e. The Labute approximate surface area is 126 Å². The van der Waals surface area contributed by atoms with Crippen molar-refractivity contribution in [2.75, 3.05) is 0 Å². The second-order valence-electron chi connectivity index (χ2n) is 5.67. The molecule has 2 rings (SSSR count). The first-order chi connectivity index (χ1) is 9.99. The first-order valence-corrected chi connectivity index (χ1v) is 7.50. The average molecular weight is 287 g/mol. The summed E-state index contributed by atoms with van der Waals surface area (Å²) in [7, 11) is 0. The third kappa shape index (κ3) is 4.08. The summed E-state index contributed by atoms with van der Waals surface area (Å²) >= 11 is 0. The van der Waals surface area contributed by atoms with Crippen molar-refractivity contribution in [1.29, 1.82) is 0 Å². The minimum Gasteiger partial charge on any atom is -0.487 e. The molecular weight excluding hydrogens is 262 g/mol. The molecular formula is C17H25N3O. The Bertz CT molecular complexity index is 602. The number of rotatable bonds is 6. The van der Waals surface area contributed by atoms with Crippen LogP contribution in [0.3, 0.4) is 0 Å². The third-order valence-corrected chi connectivity index (χ3v) is 3.42. The van der Waals surface area contributed by atoms with Gasteiger partial charge in [-0.2, -0.15) is 5.10 Å². The van der Waals surface area contributed by atoms with Gasteiger partial charge in [-0.3, -0.25) is 4.68 Å². The zero-order valence-electron chi connectivity index (χ0n) is 13.4. The first-order valence-electron chi connectivity index (χ1n) is 7.50. The van der Waals surface area contributed by atoms with E-state index in [9.17, 15) is 0 Å². The van der Waals surface area contributed by atoms with E-state index >= 15 is 0 Å². The summed E-state index contributed by atoms with van der Waals surface area (Å²) in [5.74, 6) is 0.916. The number of hydrogen-bond acceptors (Lipinski definition) is 3. The summed E-state index contributed by atoms with van der Waals surface area (Å²) in [5, 5.41) is 4.44. The number of ether oxygens (including phenoxy) is 1. The van der Waals surface area contributed by atoms with Crippen molar-refractivity contribution in [2.45, 2.75) is 53.3 Å². The van der Waals surface area contributed by atoms with Crippen molar-refractivity contribution in [3.05, 3.63) is 46.8 Å². The average Bonchev–Trinajstić information content (AvgIpc) is 2.77. The Morgan fingerprint density at radius 3 is 2.71 bits per heavy atom. The summed E-state index contributed by atoms with van der Waals surface area (Å²) in [6.45, 7) is 9.58. The van der Waals surface area contributed by atoms with Crippen molar-refractivity contribution in [3.63, 3.8) is 0 Å². The summed E-state index contributed by atoms with van der Waals surface area (Å²) in [4.78, 5) is 0. The molecule has 0 radical (unpaired) electrons. The second kappa shape index (κ2) is 6.76. The minimum absolute atomic E-state index is 0.123. The molecule has 0 amide bonds. The SMILES string of the molecule is CCn1nc(C)cc1COc1ccc(C)cc1CC(C)N. The second-order valence-corrected chi connectivity index (χ2v) is 5.67. The fraction of sp³-hybridized carbons (Fsp3) is 0.471. The van der Waals surface area contributed by atoms with Crippen molar-refractivity contribution in [2.24, 2.45) is 5.73 Å². The highest BCUT2D eigenvalue weighted by atomic mass is 16.5. The van der Waals surface area contributed by atoms with Crippen LogP contribution < -0.4 is 10.5 Å². The summed E-state index contributed by atoms with van der Waals surface area (Å²) < 4.78 is 8.00. The predicted octanol–water partition coefficient (Wildman–Crippen LogP) is 2.99. The Hall–Kier alpha value is -1.81. The monoisotopic (exact) mass is 287 g/mol. The van der Waals surface area contributed by atoms with E-state index in [-0.39, 0.29) is 6.04 Å². The quantitative estimate of drug-likeness (QED) is 0.888. The highest BCUT2D eigenvalue weighted by Gasteiger charge is 2.09. The summed E-state index contributed by atoms with van der Waals surface area (Å²) in [5.41, 5.74) is 10.5. The minimum atomic E-state index is 0.123. The van der Waals surface area contributed by atoms with Gasteiger partial charge in [-0.25, -0.2) is 0 Å². The number of aromatic nitrogens is 2. The van der Waals surface area contributed by atoms with Gasteiger partial charge < -0.3 is 10.5 Å². The van der Waals surface area contributed by atoms with Crippen molar-refractivity contribution in [3.8, 4) is 5.75 Å². The van der Waals surface area contributed by atoms with E-state index in [1.165, 1.54) is 11.1 Å². The molecule has 0 bridgehead atoms. The van der Waals surface area contributed by atoms with Crippen LogP contribution in [-0.4, -0.2) is 15.8 Å². The van der Waals surface area contributed by atoms with Gasteiger partial charge in [-0.15, -0.1) is 0 Å². The van der Waals surface area contributed by atoms with Gasteiger partial charge in [-0.1, -0.05) is 17.7 Å². The van der Waals surface area contributed by atoms with Crippen LogP contribution in [0.5, 0.6) is 5.75 Å². The van der Waals surface area contributed by atoms with E-state index in [1.54, 1.807) is 0 Å². The molecule has 1 atom stereocenters. The van der Waals surface area contributed by atoms with Crippen LogP contribution in [0.2, 0.25) is 0 Å². The molecule has 2 aromatic rings. The molecule has 114 valence electrons. The molecule has 1 aromatic carbocycles. The summed E-state index contributed by atoms with van der Waals surface area (Å²) in [6, 6.07) is 8.46. The molecule has 0 fully saturated rings. The maximum absolute atomic E-state index is 6.02. The van der Waals surface area contributed by atoms with Crippen LogP contribution in [-0.2, 0) is 19.6 Å². The van der Waals surface area contributed by atoms with E-state index in [0.29, 0.717) is 6.61 Å². The van der Waals surface area contributed by atoms with E-state index < -0.39 is 0 Å². The normalized spacial score (nSPS) is 12.4. The van der Waals surface area contributed by atoms with Gasteiger partial charge in [-0.05, 0) is 51.8 Å². The van der Waals surface area contributed by atoms with Gasteiger partial charge in [0.2, 0.25) is 0 Å². The van der Waals surface area contributed by atoms with Crippen molar-refractivity contribution >= 4 is 0 Å². The fourth-order valence-electron chi connectivity index (χ4n) is 2.50.